The van der Waals surface area contributed by atoms with Crippen LogP contribution in [0.2, 0.25) is 0 Å². The molecule has 20 aromatic carbocycles. The Morgan fingerprint density at radius 2 is 0.508 bits per heavy atom. The molecule has 28 rings (SSSR count). The molecule has 0 saturated carbocycles. The van der Waals surface area contributed by atoms with E-state index in [9.17, 15) is 0 Å². The summed E-state index contributed by atoms with van der Waals surface area (Å²) in [5, 5.41) is 18.8. The molecule has 0 atom stereocenters. The lowest BCUT2D eigenvalue weighted by atomic mass is 9.99. The highest BCUT2D eigenvalue weighted by atomic mass is 32.1. The molecule has 0 spiro atoms. The van der Waals surface area contributed by atoms with Crippen LogP contribution < -0.4 is 0 Å². The first-order valence-electron chi connectivity index (χ1n) is 44.4. The molecule has 0 amide bonds. The molecule has 0 unspecified atom stereocenters. The molecule has 0 aliphatic rings. The minimum absolute atomic E-state index is 0.907. The van der Waals surface area contributed by atoms with Gasteiger partial charge in [0.15, 0.2) is 0 Å². The van der Waals surface area contributed by atoms with Crippen LogP contribution in [-0.2, 0) is 0 Å². The molecule has 0 radical (unpaired) electrons. The van der Waals surface area contributed by atoms with Gasteiger partial charge in [0.1, 0.15) is 11.2 Å². The fourth-order valence-electron chi connectivity index (χ4n) is 20.7. The van der Waals surface area contributed by atoms with Gasteiger partial charge in [0.25, 0.3) is 0 Å². The first-order chi connectivity index (χ1) is 64.5. The zero-order valence-corrected chi connectivity index (χ0v) is 71.3. The summed E-state index contributed by atoms with van der Waals surface area (Å²) >= 11 is 1.88. The molecular formula is C122H78N6OS. The van der Waals surface area contributed by atoms with Gasteiger partial charge in [-0.25, -0.2) is 0 Å². The summed E-state index contributed by atoms with van der Waals surface area (Å²) in [5.41, 5.74) is 31.9. The Hall–Kier alpha value is -17.0. The van der Waals surface area contributed by atoms with Gasteiger partial charge in [-0.3, -0.25) is 0 Å². The summed E-state index contributed by atoms with van der Waals surface area (Å²) < 4.78 is 23.2. The van der Waals surface area contributed by atoms with Crippen LogP contribution in [0.4, 0.5) is 0 Å². The lowest BCUT2D eigenvalue weighted by Gasteiger charge is -2.11. The van der Waals surface area contributed by atoms with Crippen LogP contribution in [0.1, 0.15) is 0 Å². The van der Waals surface area contributed by atoms with Gasteiger partial charge in [-0.1, -0.05) is 261 Å². The molecule has 608 valence electrons. The fraction of sp³-hybridized carbons (Fsp3) is 0. The fourth-order valence-corrected chi connectivity index (χ4v) is 21.8. The average Bonchev–Trinajstić information content (AvgIpc) is 1.57. The maximum Gasteiger partial charge on any atom is 0.137 e. The number of benzene rings is 20. The molecule has 0 N–H and O–H groups in total. The van der Waals surface area contributed by atoms with Gasteiger partial charge in [0.05, 0.1) is 60.7 Å². The molecule has 0 aliphatic carbocycles. The van der Waals surface area contributed by atoms with E-state index in [-0.39, 0.29) is 0 Å². The third kappa shape index (κ3) is 12.2. The zero-order valence-electron chi connectivity index (χ0n) is 70.5. The normalized spacial score (nSPS) is 11.8. The van der Waals surface area contributed by atoms with Gasteiger partial charge in [0.2, 0.25) is 0 Å². The second-order valence-corrected chi connectivity index (χ2v) is 34.9. The Morgan fingerprint density at radius 1 is 0.162 bits per heavy atom. The molecule has 7 nitrogen and oxygen atoms in total. The third-order valence-electron chi connectivity index (χ3n) is 26.5. The molecule has 0 bridgehead atoms. The average molecular weight is 1680 g/mol. The van der Waals surface area contributed by atoms with Crippen LogP contribution in [0.15, 0.2) is 478 Å². The summed E-state index contributed by atoms with van der Waals surface area (Å²) in [6, 6.07) is 169. The molecule has 130 heavy (non-hydrogen) atoms. The van der Waals surface area contributed by atoms with Gasteiger partial charge in [-0.2, -0.15) is 0 Å². The highest BCUT2D eigenvalue weighted by Crippen LogP contribution is 2.48. The standard InChI is InChI=1S/C42H26N2O.C42H26N2S.C38H26N2/c1-3-11-29(12-4-1)43-37-17-9-7-15-31(37)33-23-27(19-21-38(33)43)28-20-22-39-34(24-28)35-25-36-32-16-8-10-18-41(32)45-42(36)26-40(35)44(39)30-13-5-2-6-14-30;1-3-11-29(12-4-1)43-35-17-9-7-15-31(35)33-25-27(19-21-36(33)43)28-20-22-37-34(26-28)41-38(44(37)30-13-5-2-6-14-30)23-24-40-42(41)32-16-8-10-18-39(32)45-40;1-3-10-27(11-4-1)28-12-9-15-33(25-28)40-37-17-8-7-16-34(37)35-26-30(19-21-38(35)40)29-18-20-36-31(24-29)22-23-39(36)32-13-5-2-6-14-32/h2*1-26H;1-26H. The molecule has 0 fully saturated rings. The lowest BCUT2D eigenvalue weighted by molar-refractivity contribution is 0.669. The highest BCUT2D eigenvalue weighted by molar-refractivity contribution is 7.26. The van der Waals surface area contributed by atoms with Gasteiger partial charge in [0, 0.05) is 137 Å². The number of rotatable bonds is 10. The number of furan rings is 1. The van der Waals surface area contributed by atoms with Gasteiger partial charge >= 0.3 is 0 Å². The first-order valence-corrected chi connectivity index (χ1v) is 45.2. The van der Waals surface area contributed by atoms with Crippen LogP contribution in [-0.4, -0.2) is 27.4 Å². The minimum Gasteiger partial charge on any atom is -0.456 e. The summed E-state index contributed by atoms with van der Waals surface area (Å²) in [7, 11) is 0. The predicted molar refractivity (Wildman–Crippen MR) is 550 cm³/mol. The Kier molecular flexibility index (Phi) is 17.4. The number of para-hydroxylation sites is 9. The molecular weight excluding hydrogens is 1600 g/mol. The van der Waals surface area contributed by atoms with E-state index in [2.05, 4.69) is 489 Å². The number of fused-ring (bicyclic) bond motifs is 23. The maximum absolute atomic E-state index is 6.34. The summed E-state index contributed by atoms with van der Waals surface area (Å²) in [4.78, 5) is 0. The van der Waals surface area contributed by atoms with Crippen molar-refractivity contribution in [2.24, 2.45) is 0 Å². The van der Waals surface area contributed by atoms with Crippen molar-refractivity contribution < 1.29 is 4.42 Å². The van der Waals surface area contributed by atoms with E-state index in [0.29, 0.717) is 0 Å². The Labute approximate surface area is 751 Å². The van der Waals surface area contributed by atoms with Crippen LogP contribution in [0.25, 0.3) is 241 Å². The van der Waals surface area contributed by atoms with E-state index in [1.165, 1.54) is 208 Å². The van der Waals surface area contributed by atoms with Crippen molar-refractivity contribution in [1.29, 1.82) is 0 Å². The largest absolute Gasteiger partial charge is 0.456 e. The first kappa shape index (κ1) is 74.4. The van der Waals surface area contributed by atoms with Crippen molar-refractivity contribution >= 4 is 173 Å². The quantitative estimate of drug-likeness (QED) is 0.135. The third-order valence-corrected chi connectivity index (χ3v) is 27.7. The Morgan fingerprint density at radius 3 is 1.02 bits per heavy atom. The van der Waals surface area contributed by atoms with Gasteiger partial charge in [-0.15, -0.1) is 11.3 Å². The summed E-state index contributed by atoms with van der Waals surface area (Å²) in [6.45, 7) is 0. The van der Waals surface area contributed by atoms with E-state index < -0.39 is 0 Å². The number of hydrogen-bond donors (Lipinski definition) is 0. The molecule has 8 aromatic heterocycles. The second-order valence-electron chi connectivity index (χ2n) is 33.8. The zero-order chi connectivity index (χ0) is 85.4. The smallest absolute Gasteiger partial charge is 0.137 e. The van der Waals surface area contributed by atoms with Crippen molar-refractivity contribution in [3.8, 4) is 78.6 Å². The van der Waals surface area contributed by atoms with Crippen molar-refractivity contribution in [2.45, 2.75) is 0 Å². The van der Waals surface area contributed by atoms with Crippen LogP contribution in [0.3, 0.4) is 0 Å². The van der Waals surface area contributed by atoms with Gasteiger partial charge in [-0.05, 0) is 245 Å². The minimum atomic E-state index is 0.907. The van der Waals surface area contributed by atoms with Crippen molar-refractivity contribution in [3.05, 3.63) is 473 Å². The van der Waals surface area contributed by atoms with Crippen molar-refractivity contribution in [3.63, 3.8) is 0 Å². The molecule has 0 aliphatic heterocycles. The van der Waals surface area contributed by atoms with Crippen molar-refractivity contribution in [2.75, 3.05) is 0 Å². The SMILES string of the molecule is c1ccc(-c2cccc(-n3c4ccccc4c4cc(-c5ccc6c(ccn6-c6ccccc6)c5)ccc43)c2)cc1.c1ccc(-n2c3ccccc3c3cc(-c4ccc5c(c4)c4c6c(ccc4n5-c4ccccc4)sc4ccccc46)ccc32)cc1.c1ccc(-n2c3ccccc3c3cc(-c4ccc5c(c4)c4cc6c(cc4n5-c4ccccc4)oc4ccccc46)ccc32)cc1. The molecule has 28 aromatic rings. The summed E-state index contributed by atoms with van der Waals surface area (Å²) in [6.07, 6.45) is 2.16. The van der Waals surface area contributed by atoms with E-state index in [1.54, 1.807) is 0 Å². The topological polar surface area (TPSA) is 42.7 Å². The number of hydrogen-bond acceptors (Lipinski definition) is 2. The maximum atomic E-state index is 6.34. The van der Waals surface area contributed by atoms with Crippen LogP contribution in [0.5, 0.6) is 0 Å². The van der Waals surface area contributed by atoms with Crippen molar-refractivity contribution in [1.82, 2.24) is 27.4 Å². The Balaban J connectivity index is 0.000000103. The van der Waals surface area contributed by atoms with Gasteiger partial charge < -0.3 is 31.8 Å². The Bertz CT molecular complexity index is 9350. The van der Waals surface area contributed by atoms with E-state index in [4.69, 9.17) is 4.42 Å². The summed E-state index contributed by atoms with van der Waals surface area (Å²) in [5.74, 6) is 0. The van der Waals surface area contributed by atoms with Crippen LogP contribution in [0, 0.1) is 0 Å². The predicted octanol–water partition coefficient (Wildman–Crippen LogP) is 33.4. The monoisotopic (exact) mass is 1670 g/mol. The number of nitrogens with zero attached hydrogens (tertiary/aromatic N) is 6. The molecule has 0 saturated heterocycles. The number of thiophene rings is 1. The molecule has 8 heterocycles. The van der Waals surface area contributed by atoms with E-state index in [1.807, 2.05) is 23.5 Å². The number of aromatic nitrogens is 6. The second kappa shape index (κ2) is 30.4. The van der Waals surface area contributed by atoms with E-state index in [0.717, 1.165) is 33.1 Å². The molecule has 8 heteroatoms. The lowest BCUT2D eigenvalue weighted by Crippen LogP contribution is -1.94. The van der Waals surface area contributed by atoms with E-state index >= 15 is 0 Å². The highest BCUT2D eigenvalue weighted by Gasteiger charge is 2.24. The van der Waals surface area contributed by atoms with Crippen LogP contribution >= 0.6 is 11.3 Å².